The van der Waals surface area contributed by atoms with E-state index in [0.717, 1.165) is 28.6 Å². The van der Waals surface area contributed by atoms with Gasteiger partial charge < -0.3 is 0 Å². The number of rotatable bonds is 5. The molecule has 5 heteroatoms. The Morgan fingerprint density at radius 3 is 2.62 bits per heavy atom. The number of aromatic nitrogens is 1. The first-order valence-electron chi connectivity index (χ1n) is 6.73. The van der Waals surface area contributed by atoms with Gasteiger partial charge in [0.2, 0.25) is 0 Å². The second-order valence-electron chi connectivity index (χ2n) is 4.50. The van der Waals surface area contributed by atoms with E-state index in [0.29, 0.717) is 5.56 Å². The predicted molar refractivity (Wildman–Crippen MR) is 87.3 cm³/mol. The first-order valence-corrected chi connectivity index (χ1v) is 7.53. The number of pyridine rings is 1. The molecule has 1 aromatic heterocycles. The Morgan fingerprint density at radius 1 is 1.24 bits per heavy atom. The molecule has 2 aromatic rings. The number of carbonyl (C=O) groups is 1. The highest BCUT2D eigenvalue weighted by Crippen LogP contribution is 2.13. The fraction of sp³-hybridized carbons (Fsp3) is 0.188. The molecule has 0 aliphatic heterocycles. The number of hydrogen-bond donors (Lipinski definition) is 1. The number of nitrogens with one attached hydrogen (secondary N) is 1. The fourth-order valence-electron chi connectivity index (χ4n) is 1.82. The molecule has 0 radical (unpaired) electrons. The van der Waals surface area contributed by atoms with Crippen LogP contribution in [0.5, 0.6) is 0 Å². The molecule has 0 saturated carbocycles. The van der Waals surface area contributed by atoms with E-state index in [2.05, 4.69) is 38.4 Å². The summed E-state index contributed by atoms with van der Waals surface area (Å²) in [5.74, 6) is -0.256. The van der Waals surface area contributed by atoms with Crippen LogP contribution in [0.15, 0.2) is 58.4 Å². The van der Waals surface area contributed by atoms with Crippen molar-refractivity contribution in [3.63, 3.8) is 0 Å². The highest BCUT2D eigenvalue weighted by Gasteiger charge is 2.06. The molecule has 1 amide bonds. The van der Waals surface area contributed by atoms with E-state index in [1.165, 1.54) is 6.20 Å². The quantitative estimate of drug-likeness (QED) is 0.662. The van der Waals surface area contributed by atoms with Gasteiger partial charge in [-0.05, 0) is 36.2 Å². The average Bonchev–Trinajstić information content (AvgIpc) is 2.53. The Hall–Kier alpha value is -2.01. The lowest BCUT2D eigenvalue weighted by Gasteiger charge is -2.06. The van der Waals surface area contributed by atoms with Gasteiger partial charge in [0.1, 0.15) is 0 Å². The number of benzene rings is 1. The first-order chi connectivity index (χ1) is 10.2. The maximum Gasteiger partial charge on any atom is 0.272 e. The van der Waals surface area contributed by atoms with Crippen molar-refractivity contribution in [2.45, 2.75) is 19.8 Å². The normalized spacial score (nSPS) is 11.2. The molecule has 0 saturated heterocycles. The van der Waals surface area contributed by atoms with Crippen LogP contribution in [0.25, 0.3) is 0 Å². The molecular weight excluding hydrogens is 330 g/mol. The first kappa shape index (κ1) is 15.4. The van der Waals surface area contributed by atoms with Gasteiger partial charge in [-0.2, -0.15) is 5.10 Å². The SMILES string of the molecule is CCC/C(=N\NC(=O)c1cccnc1)c1ccc(Br)cc1. The maximum atomic E-state index is 12.0. The van der Waals surface area contributed by atoms with Crippen LogP contribution < -0.4 is 5.43 Å². The van der Waals surface area contributed by atoms with Gasteiger partial charge in [0.25, 0.3) is 5.91 Å². The van der Waals surface area contributed by atoms with E-state index in [-0.39, 0.29) is 5.91 Å². The van der Waals surface area contributed by atoms with Crippen molar-refractivity contribution < 1.29 is 4.79 Å². The number of nitrogens with zero attached hydrogens (tertiary/aromatic N) is 2. The molecule has 0 atom stereocenters. The molecule has 1 heterocycles. The molecule has 21 heavy (non-hydrogen) atoms. The van der Waals surface area contributed by atoms with Crippen molar-refractivity contribution in [2.24, 2.45) is 5.10 Å². The summed E-state index contributed by atoms with van der Waals surface area (Å²) in [5, 5.41) is 4.26. The zero-order valence-corrected chi connectivity index (χ0v) is 13.3. The number of hydrogen-bond acceptors (Lipinski definition) is 3. The largest absolute Gasteiger partial charge is 0.272 e. The summed E-state index contributed by atoms with van der Waals surface area (Å²) in [7, 11) is 0. The monoisotopic (exact) mass is 345 g/mol. The molecule has 0 aliphatic carbocycles. The number of halogens is 1. The molecule has 108 valence electrons. The molecule has 0 spiro atoms. The van der Waals surface area contributed by atoms with Crippen LogP contribution in [0.3, 0.4) is 0 Å². The van der Waals surface area contributed by atoms with Crippen molar-refractivity contribution in [1.29, 1.82) is 0 Å². The number of hydrazone groups is 1. The van der Waals surface area contributed by atoms with E-state index < -0.39 is 0 Å². The lowest BCUT2D eigenvalue weighted by Crippen LogP contribution is -2.20. The number of carbonyl (C=O) groups excluding carboxylic acids is 1. The van der Waals surface area contributed by atoms with Crippen LogP contribution in [-0.2, 0) is 0 Å². The van der Waals surface area contributed by atoms with Crippen LogP contribution in [-0.4, -0.2) is 16.6 Å². The molecule has 0 bridgehead atoms. The minimum atomic E-state index is -0.256. The van der Waals surface area contributed by atoms with Crippen molar-refractivity contribution in [3.05, 3.63) is 64.4 Å². The van der Waals surface area contributed by atoms with Crippen LogP contribution in [0.1, 0.15) is 35.7 Å². The van der Waals surface area contributed by atoms with E-state index in [4.69, 9.17) is 0 Å². The zero-order chi connectivity index (χ0) is 15.1. The molecule has 1 N–H and O–H groups in total. The van der Waals surface area contributed by atoms with Gasteiger partial charge >= 0.3 is 0 Å². The van der Waals surface area contributed by atoms with Crippen LogP contribution in [0.2, 0.25) is 0 Å². The van der Waals surface area contributed by atoms with E-state index >= 15 is 0 Å². The van der Waals surface area contributed by atoms with E-state index in [9.17, 15) is 4.79 Å². The third kappa shape index (κ3) is 4.49. The fourth-order valence-corrected chi connectivity index (χ4v) is 2.09. The third-order valence-corrected chi connectivity index (χ3v) is 3.41. The van der Waals surface area contributed by atoms with Gasteiger partial charge in [-0.1, -0.05) is 41.4 Å². The molecule has 1 aromatic carbocycles. The average molecular weight is 346 g/mol. The Morgan fingerprint density at radius 2 is 2.00 bits per heavy atom. The zero-order valence-electron chi connectivity index (χ0n) is 11.7. The van der Waals surface area contributed by atoms with Crippen LogP contribution in [0.4, 0.5) is 0 Å². The highest BCUT2D eigenvalue weighted by molar-refractivity contribution is 9.10. The molecule has 4 nitrogen and oxygen atoms in total. The summed E-state index contributed by atoms with van der Waals surface area (Å²) in [6.07, 6.45) is 4.90. The summed E-state index contributed by atoms with van der Waals surface area (Å²) in [4.78, 5) is 15.9. The summed E-state index contributed by atoms with van der Waals surface area (Å²) in [5.41, 5.74) is 4.96. The lowest BCUT2D eigenvalue weighted by molar-refractivity contribution is 0.0954. The summed E-state index contributed by atoms with van der Waals surface area (Å²) in [6, 6.07) is 11.3. The van der Waals surface area contributed by atoms with Gasteiger partial charge in [0.05, 0.1) is 11.3 Å². The van der Waals surface area contributed by atoms with Crippen LogP contribution >= 0.6 is 15.9 Å². The minimum Gasteiger partial charge on any atom is -0.267 e. The lowest BCUT2D eigenvalue weighted by atomic mass is 10.1. The van der Waals surface area contributed by atoms with Crippen molar-refractivity contribution in [3.8, 4) is 0 Å². The van der Waals surface area contributed by atoms with E-state index in [1.807, 2.05) is 24.3 Å². The summed E-state index contributed by atoms with van der Waals surface area (Å²) >= 11 is 3.41. The topological polar surface area (TPSA) is 54.4 Å². The second kappa shape index (κ2) is 7.69. The molecule has 2 rings (SSSR count). The van der Waals surface area contributed by atoms with Gasteiger partial charge in [0, 0.05) is 16.9 Å². The standard InChI is InChI=1S/C16H16BrN3O/c1-2-4-15(12-6-8-14(17)9-7-12)19-20-16(21)13-5-3-10-18-11-13/h3,5-11H,2,4H2,1H3,(H,20,21)/b19-15+. The Balaban J connectivity index is 2.14. The van der Waals surface area contributed by atoms with Gasteiger partial charge in [-0.15, -0.1) is 0 Å². The van der Waals surface area contributed by atoms with Gasteiger partial charge in [0.15, 0.2) is 0 Å². The van der Waals surface area contributed by atoms with Crippen molar-refractivity contribution >= 4 is 27.5 Å². The van der Waals surface area contributed by atoms with Crippen molar-refractivity contribution in [2.75, 3.05) is 0 Å². The second-order valence-corrected chi connectivity index (χ2v) is 5.41. The molecule has 0 fully saturated rings. The molecule has 0 unspecified atom stereocenters. The number of amides is 1. The minimum absolute atomic E-state index is 0.256. The maximum absolute atomic E-state index is 12.0. The Bertz CT molecular complexity index is 624. The van der Waals surface area contributed by atoms with E-state index in [1.54, 1.807) is 18.3 Å². The Labute approximate surface area is 132 Å². The smallest absolute Gasteiger partial charge is 0.267 e. The Kier molecular flexibility index (Phi) is 5.63. The molecule has 0 aliphatic rings. The summed E-state index contributed by atoms with van der Waals surface area (Å²) in [6.45, 7) is 2.08. The van der Waals surface area contributed by atoms with Crippen molar-refractivity contribution in [1.82, 2.24) is 10.4 Å². The predicted octanol–water partition coefficient (Wildman–Crippen LogP) is 3.78. The molecular formula is C16H16BrN3O. The van der Waals surface area contributed by atoms with Gasteiger partial charge in [-0.25, -0.2) is 5.43 Å². The van der Waals surface area contributed by atoms with Gasteiger partial charge in [-0.3, -0.25) is 9.78 Å². The third-order valence-electron chi connectivity index (χ3n) is 2.88. The summed E-state index contributed by atoms with van der Waals surface area (Å²) < 4.78 is 1.02. The van der Waals surface area contributed by atoms with Crippen LogP contribution in [0, 0.1) is 0 Å². The highest BCUT2D eigenvalue weighted by atomic mass is 79.9.